The summed E-state index contributed by atoms with van der Waals surface area (Å²) in [5.41, 5.74) is -0.110. The van der Waals surface area contributed by atoms with Crippen LogP contribution in [0.15, 0.2) is 18.3 Å². The van der Waals surface area contributed by atoms with Crippen LogP contribution in [0.5, 0.6) is 0 Å². The Hall–Kier alpha value is -1.98. The molecule has 0 fully saturated rings. The Morgan fingerprint density at radius 1 is 1.33 bits per heavy atom. The molecule has 116 valence electrons. The largest absolute Gasteiger partial charge is 0.469 e. The molecule has 0 aliphatic carbocycles. The van der Waals surface area contributed by atoms with Crippen molar-refractivity contribution < 1.29 is 23.5 Å². The maximum atomic E-state index is 12.8. The Morgan fingerprint density at radius 3 is 2.48 bits per heavy atom. The van der Waals surface area contributed by atoms with Crippen LogP contribution in [-0.4, -0.2) is 29.6 Å². The van der Waals surface area contributed by atoms with Crippen molar-refractivity contribution in [1.82, 2.24) is 4.98 Å². The summed E-state index contributed by atoms with van der Waals surface area (Å²) in [6.07, 6.45) is 1.15. The molecule has 0 N–H and O–H groups in total. The van der Waals surface area contributed by atoms with Gasteiger partial charge in [-0.25, -0.2) is 4.39 Å². The van der Waals surface area contributed by atoms with Gasteiger partial charge < -0.3 is 9.47 Å². The molecule has 0 radical (unpaired) electrons. The highest BCUT2D eigenvalue weighted by atomic mass is 19.1. The third kappa shape index (κ3) is 6.33. The first kappa shape index (κ1) is 17.1. The molecule has 6 heteroatoms. The van der Waals surface area contributed by atoms with Crippen LogP contribution in [0.1, 0.15) is 32.9 Å². The van der Waals surface area contributed by atoms with Gasteiger partial charge in [0.1, 0.15) is 11.4 Å². The summed E-state index contributed by atoms with van der Waals surface area (Å²) >= 11 is 0. The van der Waals surface area contributed by atoms with E-state index in [0.29, 0.717) is 5.69 Å². The average molecular weight is 297 g/mol. The summed E-state index contributed by atoms with van der Waals surface area (Å²) in [6.45, 7) is 5.25. The molecule has 1 aromatic rings. The lowest BCUT2D eigenvalue weighted by Gasteiger charge is -2.21. The van der Waals surface area contributed by atoms with Crippen molar-refractivity contribution in [3.63, 3.8) is 0 Å². The lowest BCUT2D eigenvalue weighted by atomic mass is 9.99. The van der Waals surface area contributed by atoms with E-state index >= 15 is 0 Å². The standard InChI is InChI=1S/C15H20FNO4/c1-15(2,3)21-13(18)8-10(14(19)20-4)7-12-6-5-11(16)9-17-12/h5-6,9-10H,7-8H2,1-4H3/t10-/m1/s1. The molecule has 1 heterocycles. The second-order valence-electron chi connectivity index (χ2n) is 5.68. The third-order valence-electron chi connectivity index (χ3n) is 2.61. The van der Waals surface area contributed by atoms with Crippen LogP contribution in [0.4, 0.5) is 4.39 Å². The number of halogens is 1. The Bertz CT molecular complexity index is 493. The lowest BCUT2D eigenvalue weighted by molar-refractivity contribution is -0.160. The Kier molecular flexibility index (Phi) is 5.81. The number of aromatic nitrogens is 1. The molecule has 1 atom stereocenters. The molecule has 1 rings (SSSR count). The van der Waals surface area contributed by atoms with E-state index in [9.17, 15) is 14.0 Å². The SMILES string of the molecule is COC(=O)[C@@H](CC(=O)OC(C)(C)C)Cc1ccc(F)cn1. The van der Waals surface area contributed by atoms with Gasteiger partial charge in [0.05, 0.1) is 25.6 Å². The van der Waals surface area contributed by atoms with E-state index in [1.807, 2.05) is 0 Å². The fourth-order valence-corrected chi connectivity index (χ4v) is 1.77. The van der Waals surface area contributed by atoms with Crippen molar-refractivity contribution >= 4 is 11.9 Å². The number of carbonyl (C=O) groups is 2. The Labute approximate surface area is 123 Å². The van der Waals surface area contributed by atoms with Crippen molar-refractivity contribution in [2.75, 3.05) is 7.11 Å². The van der Waals surface area contributed by atoms with Crippen molar-refractivity contribution in [1.29, 1.82) is 0 Å². The molecule has 0 aliphatic rings. The van der Waals surface area contributed by atoms with E-state index < -0.39 is 29.3 Å². The van der Waals surface area contributed by atoms with Gasteiger partial charge in [0, 0.05) is 12.1 Å². The highest BCUT2D eigenvalue weighted by Gasteiger charge is 2.26. The number of ether oxygens (including phenoxy) is 2. The summed E-state index contributed by atoms with van der Waals surface area (Å²) in [6, 6.07) is 2.73. The number of hydrogen-bond acceptors (Lipinski definition) is 5. The van der Waals surface area contributed by atoms with E-state index in [2.05, 4.69) is 4.98 Å². The van der Waals surface area contributed by atoms with Crippen molar-refractivity contribution in [3.8, 4) is 0 Å². The van der Waals surface area contributed by atoms with Crippen molar-refractivity contribution in [2.45, 2.75) is 39.2 Å². The Balaban J connectivity index is 2.74. The molecule has 5 nitrogen and oxygen atoms in total. The first-order valence-corrected chi connectivity index (χ1v) is 6.61. The van der Waals surface area contributed by atoms with Crippen molar-refractivity contribution in [3.05, 3.63) is 29.8 Å². The highest BCUT2D eigenvalue weighted by Crippen LogP contribution is 2.17. The summed E-state index contributed by atoms with van der Waals surface area (Å²) in [5, 5.41) is 0. The molecule has 0 bridgehead atoms. The minimum Gasteiger partial charge on any atom is -0.469 e. The van der Waals surface area contributed by atoms with Crippen LogP contribution < -0.4 is 0 Å². The van der Waals surface area contributed by atoms with Gasteiger partial charge in [-0.2, -0.15) is 0 Å². The van der Waals surface area contributed by atoms with Crippen LogP contribution >= 0.6 is 0 Å². The van der Waals surface area contributed by atoms with Gasteiger partial charge in [-0.1, -0.05) is 0 Å². The fraction of sp³-hybridized carbons (Fsp3) is 0.533. The van der Waals surface area contributed by atoms with Crippen LogP contribution in [0, 0.1) is 11.7 Å². The van der Waals surface area contributed by atoms with E-state index in [4.69, 9.17) is 9.47 Å². The van der Waals surface area contributed by atoms with Crippen LogP contribution in [0.2, 0.25) is 0 Å². The smallest absolute Gasteiger partial charge is 0.309 e. The average Bonchev–Trinajstić information content (AvgIpc) is 2.37. The van der Waals surface area contributed by atoms with Crippen LogP contribution in [0.3, 0.4) is 0 Å². The summed E-state index contributed by atoms with van der Waals surface area (Å²) in [7, 11) is 1.25. The highest BCUT2D eigenvalue weighted by molar-refractivity contribution is 5.80. The maximum absolute atomic E-state index is 12.8. The summed E-state index contributed by atoms with van der Waals surface area (Å²) in [5.74, 6) is -2.17. The third-order valence-corrected chi connectivity index (χ3v) is 2.61. The quantitative estimate of drug-likeness (QED) is 0.780. The van der Waals surface area contributed by atoms with Crippen molar-refractivity contribution in [2.24, 2.45) is 5.92 Å². The molecule has 1 aromatic heterocycles. The van der Waals surface area contributed by atoms with E-state index in [-0.39, 0.29) is 12.8 Å². The van der Waals surface area contributed by atoms with Gasteiger partial charge in [-0.3, -0.25) is 14.6 Å². The molecule has 0 saturated heterocycles. The number of pyridine rings is 1. The minimum absolute atomic E-state index is 0.108. The number of rotatable bonds is 5. The number of nitrogens with zero attached hydrogens (tertiary/aromatic N) is 1. The molecule has 0 spiro atoms. The number of hydrogen-bond donors (Lipinski definition) is 0. The van der Waals surface area contributed by atoms with Gasteiger partial charge in [0.15, 0.2) is 0 Å². The number of methoxy groups -OCH3 is 1. The van der Waals surface area contributed by atoms with E-state index in [1.165, 1.54) is 19.2 Å². The summed E-state index contributed by atoms with van der Waals surface area (Å²) in [4.78, 5) is 27.5. The molecule has 0 aliphatic heterocycles. The zero-order valence-corrected chi connectivity index (χ0v) is 12.7. The second kappa shape index (κ2) is 7.15. The Morgan fingerprint density at radius 2 is 2.00 bits per heavy atom. The minimum atomic E-state index is -0.706. The maximum Gasteiger partial charge on any atom is 0.309 e. The summed E-state index contributed by atoms with van der Waals surface area (Å²) < 4.78 is 22.7. The van der Waals surface area contributed by atoms with Gasteiger partial charge >= 0.3 is 11.9 Å². The molecule has 0 unspecified atom stereocenters. The van der Waals surface area contributed by atoms with Gasteiger partial charge in [-0.05, 0) is 32.9 Å². The van der Waals surface area contributed by atoms with Gasteiger partial charge in [-0.15, -0.1) is 0 Å². The molecule has 0 saturated carbocycles. The van der Waals surface area contributed by atoms with Gasteiger partial charge in [0.2, 0.25) is 0 Å². The number of esters is 2. The zero-order chi connectivity index (χ0) is 16.0. The van der Waals surface area contributed by atoms with Crippen LogP contribution in [-0.2, 0) is 25.5 Å². The first-order valence-electron chi connectivity index (χ1n) is 6.61. The van der Waals surface area contributed by atoms with E-state index in [1.54, 1.807) is 20.8 Å². The second-order valence-corrected chi connectivity index (χ2v) is 5.68. The fourth-order valence-electron chi connectivity index (χ4n) is 1.77. The normalized spacial score (nSPS) is 12.6. The monoisotopic (exact) mass is 297 g/mol. The van der Waals surface area contributed by atoms with E-state index in [0.717, 1.165) is 6.20 Å². The number of carbonyl (C=O) groups excluding carboxylic acids is 2. The molecular weight excluding hydrogens is 277 g/mol. The molecular formula is C15H20FNO4. The zero-order valence-electron chi connectivity index (χ0n) is 12.7. The van der Waals surface area contributed by atoms with Gasteiger partial charge in [0.25, 0.3) is 0 Å². The molecule has 0 amide bonds. The first-order chi connectivity index (χ1) is 9.71. The molecule has 0 aromatic carbocycles. The molecule has 21 heavy (non-hydrogen) atoms. The predicted molar refractivity (Wildman–Crippen MR) is 73.9 cm³/mol. The lowest BCUT2D eigenvalue weighted by Crippen LogP contribution is -2.28. The topological polar surface area (TPSA) is 65.5 Å². The predicted octanol–water partition coefficient (Wildman–Crippen LogP) is 2.28. The van der Waals surface area contributed by atoms with Crippen LogP contribution in [0.25, 0.3) is 0 Å².